The van der Waals surface area contributed by atoms with E-state index in [-0.39, 0.29) is 16.7 Å². The van der Waals surface area contributed by atoms with E-state index >= 15 is 0 Å². The van der Waals surface area contributed by atoms with Crippen LogP contribution >= 0.6 is 0 Å². The van der Waals surface area contributed by atoms with E-state index in [1.54, 1.807) is 24.5 Å². The zero-order valence-electron chi connectivity index (χ0n) is 14.5. The number of fused-ring (bicyclic) bond motifs is 1. The SMILES string of the molecule is COC(=O)c1cc(C2CC2)c2c(C)c(-c3ccc(=O)[nH]c3)ccn2c1=O. The Bertz CT molecular complexity index is 1130. The van der Waals surface area contributed by atoms with Crippen LogP contribution in [0, 0.1) is 6.92 Å². The second-order valence-corrected chi connectivity index (χ2v) is 6.60. The van der Waals surface area contributed by atoms with Crippen molar-refractivity contribution in [2.75, 3.05) is 7.11 Å². The van der Waals surface area contributed by atoms with Gasteiger partial charge < -0.3 is 9.72 Å². The lowest BCUT2D eigenvalue weighted by Crippen LogP contribution is -2.24. The molecule has 1 fully saturated rings. The summed E-state index contributed by atoms with van der Waals surface area (Å²) in [5.41, 5.74) is 4.09. The molecule has 3 aromatic heterocycles. The van der Waals surface area contributed by atoms with Gasteiger partial charge in [0.2, 0.25) is 5.56 Å². The van der Waals surface area contributed by atoms with Crippen LogP contribution in [0.5, 0.6) is 0 Å². The van der Waals surface area contributed by atoms with E-state index in [1.807, 2.05) is 13.0 Å². The van der Waals surface area contributed by atoms with Gasteiger partial charge in [-0.1, -0.05) is 0 Å². The molecule has 3 aromatic rings. The number of pyridine rings is 3. The van der Waals surface area contributed by atoms with E-state index in [0.29, 0.717) is 5.92 Å². The third-order valence-corrected chi connectivity index (χ3v) is 4.93. The van der Waals surface area contributed by atoms with Gasteiger partial charge in [0.05, 0.1) is 12.6 Å². The molecule has 26 heavy (non-hydrogen) atoms. The number of nitrogens with one attached hydrogen (secondary N) is 1. The summed E-state index contributed by atoms with van der Waals surface area (Å²) in [5.74, 6) is -0.271. The third kappa shape index (κ3) is 2.54. The summed E-state index contributed by atoms with van der Waals surface area (Å²) < 4.78 is 6.30. The maximum absolute atomic E-state index is 12.8. The van der Waals surface area contributed by atoms with Crippen molar-refractivity contribution in [3.63, 3.8) is 0 Å². The molecule has 0 amide bonds. The van der Waals surface area contributed by atoms with Crippen LogP contribution in [0.2, 0.25) is 0 Å². The van der Waals surface area contributed by atoms with Crippen LogP contribution in [0.3, 0.4) is 0 Å². The zero-order valence-corrected chi connectivity index (χ0v) is 14.5. The predicted octanol–water partition coefficient (Wildman–Crippen LogP) is 2.63. The van der Waals surface area contributed by atoms with Crippen molar-refractivity contribution in [1.29, 1.82) is 0 Å². The molecule has 0 spiro atoms. The molecule has 0 aromatic carbocycles. The third-order valence-electron chi connectivity index (χ3n) is 4.93. The summed E-state index contributed by atoms with van der Waals surface area (Å²) in [4.78, 5) is 38.8. The number of aromatic amines is 1. The van der Waals surface area contributed by atoms with Crippen molar-refractivity contribution in [2.24, 2.45) is 0 Å². The van der Waals surface area contributed by atoms with Gasteiger partial charge in [-0.25, -0.2) is 4.79 Å². The normalized spacial score (nSPS) is 13.8. The first kappa shape index (κ1) is 16.3. The second-order valence-electron chi connectivity index (χ2n) is 6.60. The molecule has 0 unspecified atom stereocenters. The van der Waals surface area contributed by atoms with E-state index in [1.165, 1.54) is 17.6 Å². The minimum absolute atomic E-state index is 0.0584. The number of aromatic nitrogens is 2. The number of nitrogens with zero attached hydrogens (tertiary/aromatic N) is 1. The van der Waals surface area contributed by atoms with E-state index < -0.39 is 5.97 Å². The number of rotatable bonds is 3. The Labute approximate surface area is 149 Å². The standard InChI is InChI=1S/C20H18N2O4/c1-11-14(13-5-6-17(23)21-10-13)7-8-22-18(11)15(12-3-4-12)9-16(19(22)24)20(25)26-2/h5-10,12H,3-4H2,1-2H3,(H,21,23). The highest BCUT2D eigenvalue weighted by Crippen LogP contribution is 2.43. The van der Waals surface area contributed by atoms with Gasteiger partial charge in [-0.2, -0.15) is 0 Å². The van der Waals surface area contributed by atoms with Crippen molar-refractivity contribution in [3.05, 3.63) is 74.1 Å². The van der Waals surface area contributed by atoms with Crippen LogP contribution in [0.1, 0.15) is 40.2 Å². The lowest BCUT2D eigenvalue weighted by Gasteiger charge is -2.15. The minimum atomic E-state index is -0.617. The molecule has 1 aliphatic carbocycles. The molecule has 4 rings (SSSR count). The molecule has 0 aliphatic heterocycles. The minimum Gasteiger partial charge on any atom is -0.465 e. The van der Waals surface area contributed by atoms with Gasteiger partial charge in [0.15, 0.2) is 0 Å². The van der Waals surface area contributed by atoms with E-state index in [4.69, 9.17) is 4.74 Å². The van der Waals surface area contributed by atoms with E-state index in [9.17, 15) is 14.4 Å². The Kier molecular flexibility index (Phi) is 3.76. The first-order valence-corrected chi connectivity index (χ1v) is 8.47. The quantitative estimate of drug-likeness (QED) is 0.736. The highest BCUT2D eigenvalue weighted by Gasteiger charge is 2.29. The van der Waals surface area contributed by atoms with Gasteiger partial charge in [-0.3, -0.25) is 14.0 Å². The summed E-state index contributed by atoms with van der Waals surface area (Å²) in [6, 6.07) is 6.75. The number of ether oxygens (including phenoxy) is 1. The molecular formula is C20H18N2O4. The molecule has 6 heteroatoms. The highest BCUT2D eigenvalue weighted by atomic mass is 16.5. The van der Waals surface area contributed by atoms with Crippen molar-refractivity contribution in [1.82, 2.24) is 9.38 Å². The topological polar surface area (TPSA) is 80.6 Å². The number of carbonyl (C=O) groups is 1. The Morgan fingerprint density at radius 3 is 2.62 bits per heavy atom. The molecule has 1 N–H and O–H groups in total. The van der Waals surface area contributed by atoms with Crippen molar-refractivity contribution in [2.45, 2.75) is 25.7 Å². The monoisotopic (exact) mass is 350 g/mol. The highest BCUT2D eigenvalue weighted by molar-refractivity contribution is 5.90. The van der Waals surface area contributed by atoms with Crippen LogP contribution in [0.15, 0.2) is 46.2 Å². The zero-order chi connectivity index (χ0) is 18.4. The Morgan fingerprint density at radius 2 is 2.00 bits per heavy atom. The lowest BCUT2D eigenvalue weighted by atomic mass is 9.97. The van der Waals surface area contributed by atoms with Gasteiger partial charge in [0.25, 0.3) is 5.56 Å². The van der Waals surface area contributed by atoms with E-state index in [0.717, 1.165) is 40.6 Å². The van der Waals surface area contributed by atoms with Gasteiger partial charge in [0.1, 0.15) is 5.56 Å². The van der Waals surface area contributed by atoms with Gasteiger partial charge in [0, 0.05) is 18.5 Å². The molecule has 0 bridgehead atoms. The molecule has 3 heterocycles. The summed E-state index contributed by atoms with van der Waals surface area (Å²) in [7, 11) is 1.28. The fourth-order valence-corrected chi connectivity index (χ4v) is 3.45. The van der Waals surface area contributed by atoms with Crippen molar-refractivity contribution in [3.8, 4) is 11.1 Å². The number of methoxy groups -OCH3 is 1. The second kappa shape index (κ2) is 5.98. The molecule has 1 aliphatic rings. The maximum Gasteiger partial charge on any atom is 0.343 e. The van der Waals surface area contributed by atoms with Crippen molar-refractivity contribution >= 4 is 11.5 Å². The van der Waals surface area contributed by atoms with Crippen molar-refractivity contribution < 1.29 is 9.53 Å². The number of hydrogen-bond acceptors (Lipinski definition) is 4. The summed E-state index contributed by atoms with van der Waals surface area (Å²) in [5, 5.41) is 0. The molecule has 132 valence electrons. The number of H-pyrrole nitrogens is 1. The molecule has 0 saturated heterocycles. The van der Waals surface area contributed by atoms with Crippen LogP contribution in [0.4, 0.5) is 0 Å². The van der Waals surface area contributed by atoms with E-state index in [2.05, 4.69) is 4.98 Å². The van der Waals surface area contributed by atoms with Gasteiger partial charge in [-0.05, 0) is 66.1 Å². The first-order valence-electron chi connectivity index (χ1n) is 8.47. The summed E-state index contributed by atoms with van der Waals surface area (Å²) >= 11 is 0. The summed E-state index contributed by atoms with van der Waals surface area (Å²) in [6.07, 6.45) is 5.43. The number of esters is 1. The van der Waals surface area contributed by atoms with Crippen LogP contribution in [-0.2, 0) is 4.74 Å². The van der Waals surface area contributed by atoms with Gasteiger partial charge >= 0.3 is 5.97 Å². The Hall–Kier alpha value is -3.15. The summed E-state index contributed by atoms with van der Waals surface area (Å²) in [6.45, 7) is 1.96. The smallest absolute Gasteiger partial charge is 0.343 e. The van der Waals surface area contributed by atoms with Gasteiger partial charge in [-0.15, -0.1) is 0 Å². The molecular weight excluding hydrogens is 332 g/mol. The molecule has 1 saturated carbocycles. The Morgan fingerprint density at radius 1 is 1.23 bits per heavy atom. The molecule has 0 radical (unpaired) electrons. The molecule has 0 atom stereocenters. The largest absolute Gasteiger partial charge is 0.465 e. The predicted molar refractivity (Wildman–Crippen MR) is 97.8 cm³/mol. The number of hydrogen-bond donors (Lipinski definition) is 1. The van der Waals surface area contributed by atoms with Crippen LogP contribution in [0.25, 0.3) is 16.6 Å². The Balaban J connectivity index is 2.04. The average Bonchev–Trinajstić information content (AvgIpc) is 3.48. The fraction of sp³-hybridized carbons (Fsp3) is 0.250. The maximum atomic E-state index is 12.8. The van der Waals surface area contributed by atoms with Crippen LogP contribution in [-0.4, -0.2) is 22.5 Å². The average molecular weight is 350 g/mol. The molecule has 6 nitrogen and oxygen atoms in total. The fourth-order valence-electron chi connectivity index (χ4n) is 3.45. The van der Waals surface area contributed by atoms with Crippen LogP contribution < -0.4 is 11.1 Å². The number of carbonyl (C=O) groups excluding carboxylic acids is 1. The first-order chi connectivity index (χ1) is 12.5. The number of aryl methyl sites for hydroxylation is 1. The lowest BCUT2D eigenvalue weighted by molar-refractivity contribution is 0.0598.